The van der Waals surface area contributed by atoms with E-state index in [1.165, 1.54) is 12.1 Å². The second-order valence-electron chi connectivity index (χ2n) is 4.60. The Morgan fingerprint density at radius 3 is 2.30 bits per heavy atom. The van der Waals surface area contributed by atoms with Gasteiger partial charge in [0.1, 0.15) is 5.82 Å². The molecule has 3 nitrogen and oxygen atoms in total. The predicted octanol–water partition coefficient (Wildman–Crippen LogP) is 3.09. The summed E-state index contributed by atoms with van der Waals surface area (Å²) in [6, 6.07) is 11.1. The van der Waals surface area contributed by atoms with Gasteiger partial charge >= 0.3 is 0 Å². The van der Waals surface area contributed by atoms with E-state index in [4.69, 9.17) is 5.14 Å². The Balaban J connectivity index is 2.44. The molecule has 0 unspecified atom stereocenters. The fourth-order valence-electron chi connectivity index (χ4n) is 2.09. The summed E-state index contributed by atoms with van der Waals surface area (Å²) in [4.78, 5) is 0.0198. The SMILES string of the molecule is CCCc1cccc(-c2ccc(S(N)(=O)=O)cc2)c1F. The Bertz CT molecular complexity index is 709. The summed E-state index contributed by atoms with van der Waals surface area (Å²) in [5.74, 6) is -0.252. The molecule has 0 aliphatic rings. The molecular formula is C15H16FNO2S. The molecule has 0 atom stereocenters. The summed E-state index contributed by atoms with van der Waals surface area (Å²) < 4.78 is 36.7. The normalized spacial score (nSPS) is 11.6. The second kappa shape index (κ2) is 5.73. The van der Waals surface area contributed by atoms with Gasteiger partial charge in [-0.05, 0) is 29.7 Å². The number of sulfonamides is 1. The fourth-order valence-corrected chi connectivity index (χ4v) is 2.60. The van der Waals surface area contributed by atoms with E-state index in [0.29, 0.717) is 23.1 Å². The first-order valence-corrected chi connectivity index (χ1v) is 7.88. The Morgan fingerprint density at radius 2 is 1.75 bits per heavy atom. The van der Waals surface area contributed by atoms with Gasteiger partial charge in [0, 0.05) is 5.56 Å². The van der Waals surface area contributed by atoms with Crippen molar-refractivity contribution in [3.8, 4) is 11.1 Å². The van der Waals surface area contributed by atoms with Crippen LogP contribution < -0.4 is 5.14 Å². The standard InChI is InChI=1S/C15H16FNO2S/c1-2-4-12-5-3-6-14(15(12)16)11-7-9-13(10-8-11)20(17,18)19/h3,5-10H,2,4H2,1H3,(H2,17,18,19). The third kappa shape index (κ3) is 3.05. The number of aryl methyl sites for hydroxylation is 1. The molecule has 0 radical (unpaired) electrons. The van der Waals surface area contributed by atoms with Gasteiger partial charge in [-0.25, -0.2) is 17.9 Å². The van der Waals surface area contributed by atoms with Gasteiger partial charge in [-0.3, -0.25) is 0 Å². The highest BCUT2D eigenvalue weighted by molar-refractivity contribution is 7.89. The Kier molecular flexibility index (Phi) is 4.20. The topological polar surface area (TPSA) is 60.2 Å². The highest BCUT2D eigenvalue weighted by Gasteiger charge is 2.11. The van der Waals surface area contributed by atoms with Crippen LogP contribution >= 0.6 is 0 Å². The molecule has 0 fully saturated rings. The number of hydrogen-bond donors (Lipinski definition) is 1. The highest BCUT2D eigenvalue weighted by Crippen LogP contribution is 2.26. The molecule has 2 N–H and O–H groups in total. The smallest absolute Gasteiger partial charge is 0.225 e. The van der Waals surface area contributed by atoms with Crippen LogP contribution in [0.5, 0.6) is 0 Å². The Hall–Kier alpha value is -1.72. The molecule has 0 aromatic heterocycles. The molecule has 106 valence electrons. The maximum Gasteiger partial charge on any atom is 0.238 e. The van der Waals surface area contributed by atoms with E-state index in [1.807, 2.05) is 6.92 Å². The Labute approximate surface area is 118 Å². The van der Waals surface area contributed by atoms with Crippen LogP contribution in [0, 0.1) is 5.82 Å². The number of benzene rings is 2. The minimum Gasteiger partial charge on any atom is -0.225 e. The van der Waals surface area contributed by atoms with Crippen molar-refractivity contribution in [3.63, 3.8) is 0 Å². The zero-order valence-electron chi connectivity index (χ0n) is 11.1. The van der Waals surface area contributed by atoms with Crippen LogP contribution in [0.1, 0.15) is 18.9 Å². The molecule has 0 saturated heterocycles. The summed E-state index contributed by atoms with van der Waals surface area (Å²) in [6.07, 6.45) is 1.54. The van der Waals surface area contributed by atoms with Gasteiger partial charge in [-0.15, -0.1) is 0 Å². The van der Waals surface area contributed by atoms with Crippen LogP contribution in [-0.2, 0) is 16.4 Å². The van der Waals surface area contributed by atoms with Gasteiger partial charge in [0.15, 0.2) is 0 Å². The van der Waals surface area contributed by atoms with E-state index in [0.717, 1.165) is 6.42 Å². The summed E-state index contributed by atoms with van der Waals surface area (Å²) >= 11 is 0. The average molecular weight is 293 g/mol. The summed E-state index contributed by atoms with van der Waals surface area (Å²) in [6.45, 7) is 1.99. The minimum absolute atomic E-state index is 0.0198. The van der Waals surface area contributed by atoms with E-state index in [2.05, 4.69) is 0 Å². The van der Waals surface area contributed by atoms with E-state index in [9.17, 15) is 12.8 Å². The number of nitrogens with two attached hydrogens (primary N) is 1. The third-order valence-corrected chi connectivity index (χ3v) is 4.02. The lowest BCUT2D eigenvalue weighted by molar-refractivity contribution is 0.598. The number of hydrogen-bond acceptors (Lipinski definition) is 2. The molecule has 0 heterocycles. The summed E-state index contributed by atoms with van der Waals surface area (Å²) in [5, 5.41) is 5.04. The van der Waals surface area contributed by atoms with Crippen molar-refractivity contribution in [3.05, 3.63) is 53.8 Å². The number of halogens is 1. The largest absolute Gasteiger partial charge is 0.238 e. The number of primary sulfonamides is 1. The molecule has 20 heavy (non-hydrogen) atoms. The van der Waals surface area contributed by atoms with Gasteiger partial charge in [0.2, 0.25) is 10.0 Å². The van der Waals surface area contributed by atoms with Crippen LogP contribution in [0.15, 0.2) is 47.4 Å². The van der Waals surface area contributed by atoms with E-state index in [1.54, 1.807) is 30.3 Å². The minimum atomic E-state index is -3.72. The van der Waals surface area contributed by atoms with E-state index >= 15 is 0 Å². The van der Waals surface area contributed by atoms with Crippen LogP contribution in [0.2, 0.25) is 0 Å². The molecule has 0 amide bonds. The fraction of sp³-hybridized carbons (Fsp3) is 0.200. The molecule has 5 heteroatoms. The average Bonchev–Trinajstić information content (AvgIpc) is 2.41. The second-order valence-corrected chi connectivity index (χ2v) is 6.16. The first-order valence-electron chi connectivity index (χ1n) is 6.34. The molecule has 0 spiro atoms. The Morgan fingerprint density at radius 1 is 1.10 bits per heavy atom. The van der Waals surface area contributed by atoms with Gasteiger partial charge in [-0.1, -0.05) is 43.7 Å². The van der Waals surface area contributed by atoms with Crippen molar-refractivity contribution in [1.82, 2.24) is 0 Å². The van der Waals surface area contributed by atoms with E-state index in [-0.39, 0.29) is 10.7 Å². The lowest BCUT2D eigenvalue weighted by Gasteiger charge is -2.08. The van der Waals surface area contributed by atoms with Crippen molar-refractivity contribution in [2.45, 2.75) is 24.7 Å². The number of rotatable bonds is 4. The van der Waals surface area contributed by atoms with Gasteiger partial charge in [0.05, 0.1) is 4.90 Å². The van der Waals surface area contributed by atoms with Crippen LogP contribution in [0.25, 0.3) is 11.1 Å². The van der Waals surface area contributed by atoms with Crippen LogP contribution in [-0.4, -0.2) is 8.42 Å². The summed E-state index contributed by atoms with van der Waals surface area (Å²) in [7, 11) is -3.72. The van der Waals surface area contributed by atoms with Crippen LogP contribution in [0.3, 0.4) is 0 Å². The zero-order chi connectivity index (χ0) is 14.8. The molecular weight excluding hydrogens is 277 g/mol. The maximum atomic E-state index is 14.3. The molecule has 0 bridgehead atoms. The lowest BCUT2D eigenvalue weighted by Crippen LogP contribution is -2.11. The van der Waals surface area contributed by atoms with Gasteiger partial charge in [-0.2, -0.15) is 0 Å². The van der Waals surface area contributed by atoms with Crippen LogP contribution in [0.4, 0.5) is 4.39 Å². The van der Waals surface area contributed by atoms with Gasteiger partial charge < -0.3 is 0 Å². The maximum absolute atomic E-state index is 14.3. The molecule has 0 aliphatic heterocycles. The molecule has 2 aromatic carbocycles. The third-order valence-electron chi connectivity index (χ3n) is 3.09. The van der Waals surface area contributed by atoms with E-state index < -0.39 is 10.0 Å². The quantitative estimate of drug-likeness (QED) is 0.941. The monoisotopic (exact) mass is 293 g/mol. The van der Waals surface area contributed by atoms with Crippen molar-refractivity contribution < 1.29 is 12.8 Å². The highest BCUT2D eigenvalue weighted by atomic mass is 32.2. The van der Waals surface area contributed by atoms with Crippen molar-refractivity contribution in [2.75, 3.05) is 0 Å². The predicted molar refractivity (Wildman–Crippen MR) is 77.2 cm³/mol. The molecule has 2 rings (SSSR count). The lowest BCUT2D eigenvalue weighted by atomic mass is 10.00. The first kappa shape index (κ1) is 14.7. The first-order chi connectivity index (χ1) is 9.43. The molecule has 2 aromatic rings. The van der Waals surface area contributed by atoms with Crippen molar-refractivity contribution in [1.29, 1.82) is 0 Å². The summed E-state index contributed by atoms with van der Waals surface area (Å²) in [5.41, 5.74) is 1.77. The van der Waals surface area contributed by atoms with Crippen molar-refractivity contribution >= 4 is 10.0 Å². The van der Waals surface area contributed by atoms with Crippen molar-refractivity contribution in [2.24, 2.45) is 5.14 Å². The molecule has 0 saturated carbocycles. The van der Waals surface area contributed by atoms with Gasteiger partial charge in [0.25, 0.3) is 0 Å². The zero-order valence-corrected chi connectivity index (χ0v) is 12.0. The molecule has 0 aliphatic carbocycles.